The Kier molecular flexibility index (Phi) is 7.13. The Morgan fingerprint density at radius 2 is 1.94 bits per heavy atom. The van der Waals surface area contributed by atoms with Crippen molar-refractivity contribution in [3.05, 3.63) is 0 Å². The first kappa shape index (κ1) is 15.2. The van der Waals surface area contributed by atoms with Gasteiger partial charge in [-0.2, -0.15) is 0 Å². The predicted molar refractivity (Wildman–Crippen MR) is 68.8 cm³/mol. The molecule has 0 saturated carbocycles. The van der Waals surface area contributed by atoms with Crippen molar-refractivity contribution in [1.82, 2.24) is 4.90 Å². The third-order valence-electron chi connectivity index (χ3n) is 3.00. The maximum absolute atomic E-state index is 8.64. The van der Waals surface area contributed by atoms with Crippen LogP contribution in [0.4, 0.5) is 0 Å². The van der Waals surface area contributed by atoms with Crippen LogP contribution in [0.15, 0.2) is 5.16 Å². The number of oxime groups is 1. The number of unbranched alkanes of at least 4 members (excludes halogenated alkanes) is 1. The van der Waals surface area contributed by atoms with Gasteiger partial charge in [-0.1, -0.05) is 32.3 Å². The van der Waals surface area contributed by atoms with Gasteiger partial charge in [0, 0.05) is 5.41 Å². The fourth-order valence-electron chi connectivity index (χ4n) is 1.71. The highest BCUT2D eigenvalue weighted by molar-refractivity contribution is 5.85. The molecule has 0 aromatic heterocycles. The van der Waals surface area contributed by atoms with Crippen LogP contribution in [0, 0.1) is 5.41 Å². The lowest BCUT2D eigenvalue weighted by molar-refractivity contribution is 0.298. The van der Waals surface area contributed by atoms with E-state index in [-0.39, 0.29) is 5.41 Å². The van der Waals surface area contributed by atoms with E-state index in [0.29, 0.717) is 5.84 Å². The summed E-state index contributed by atoms with van der Waals surface area (Å²) >= 11 is 0. The number of nitrogens with two attached hydrogens (primary N) is 1. The van der Waals surface area contributed by atoms with Gasteiger partial charge in [-0.05, 0) is 39.4 Å². The fraction of sp³-hybridized carbons (Fsp3) is 0.917. The Morgan fingerprint density at radius 3 is 2.44 bits per heavy atom. The van der Waals surface area contributed by atoms with Crippen molar-refractivity contribution in [2.24, 2.45) is 16.3 Å². The fourth-order valence-corrected chi connectivity index (χ4v) is 1.71. The van der Waals surface area contributed by atoms with Crippen molar-refractivity contribution in [2.45, 2.75) is 46.5 Å². The molecule has 3 N–H and O–H groups in total. The molecule has 0 aliphatic rings. The molecular weight excluding hydrogens is 202 g/mol. The average Bonchev–Trinajstić information content (AvgIpc) is 2.23. The van der Waals surface area contributed by atoms with Gasteiger partial charge in [-0.25, -0.2) is 0 Å². The molecule has 4 heteroatoms. The minimum atomic E-state index is -0.196. The highest BCUT2D eigenvalue weighted by Gasteiger charge is 2.22. The molecule has 0 unspecified atom stereocenters. The van der Waals surface area contributed by atoms with Crippen LogP contribution in [0.5, 0.6) is 0 Å². The van der Waals surface area contributed by atoms with Gasteiger partial charge >= 0.3 is 0 Å². The zero-order chi connectivity index (χ0) is 12.6. The molecule has 0 amide bonds. The van der Waals surface area contributed by atoms with Crippen LogP contribution in [0.2, 0.25) is 0 Å². The molecule has 0 aliphatic carbocycles. The van der Waals surface area contributed by atoms with Gasteiger partial charge < -0.3 is 15.8 Å². The van der Waals surface area contributed by atoms with Crippen LogP contribution in [0.25, 0.3) is 0 Å². The molecule has 0 fully saturated rings. The molecule has 0 aliphatic heterocycles. The quantitative estimate of drug-likeness (QED) is 0.221. The van der Waals surface area contributed by atoms with Crippen LogP contribution in [0.3, 0.4) is 0 Å². The molecule has 0 heterocycles. The van der Waals surface area contributed by atoms with Crippen molar-refractivity contribution >= 4 is 5.84 Å². The van der Waals surface area contributed by atoms with E-state index < -0.39 is 0 Å². The van der Waals surface area contributed by atoms with Gasteiger partial charge in [0.05, 0.1) is 0 Å². The second kappa shape index (κ2) is 7.49. The summed E-state index contributed by atoms with van der Waals surface area (Å²) in [6, 6.07) is 0. The highest BCUT2D eigenvalue weighted by atomic mass is 16.4. The predicted octanol–water partition coefficient (Wildman–Crippen LogP) is 2.27. The first-order chi connectivity index (χ1) is 7.44. The summed E-state index contributed by atoms with van der Waals surface area (Å²) in [5.74, 6) is 0.328. The van der Waals surface area contributed by atoms with E-state index in [0.717, 1.165) is 25.9 Å². The molecule has 4 nitrogen and oxygen atoms in total. The minimum absolute atomic E-state index is 0.196. The average molecular weight is 229 g/mol. The van der Waals surface area contributed by atoms with Crippen molar-refractivity contribution < 1.29 is 5.21 Å². The van der Waals surface area contributed by atoms with Crippen molar-refractivity contribution in [3.8, 4) is 0 Å². The number of nitrogens with zero attached hydrogens (tertiary/aromatic N) is 2. The van der Waals surface area contributed by atoms with E-state index in [9.17, 15) is 0 Å². The third kappa shape index (κ3) is 5.95. The van der Waals surface area contributed by atoms with Gasteiger partial charge in [-0.15, -0.1) is 0 Å². The third-order valence-corrected chi connectivity index (χ3v) is 3.00. The van der Waals surface area contributed by atoms with Crippen LogP contribution >= 0.6 is 0 Å². The second-order valence-corrected chi connectivity index (χ2v) is 5.13. The van der Waals surface area contributed by atoms with Gasteiger partial charge in [0.2, 0.25) is 0 Å². The standard InChI is InChI=1S/C12H27N3O/c1-5-9-15(4)10-7-6-8-12(2,3)11(13)14-16/h16H,5-10H2,1-4H3,(H2,13,14). The topological polar surface area (TPSA) is 61.8 Å². The molecule has 0 saturated heterocycles. The first-order valence-corrected chi connectivity index (χ1v) is 6.10. The number of amidine groups is 1. The molecule has 0 aromatic rings. The van der Waals surface area contributed by atoms with Gasteiger partial charge in [0.1, 0.15) is 5.84 Å². The smallest absolute Gasteiger partial charge is 0.144 e. The Labute approximate surface area is 99.5 Å². The van der Waals surface area contributed by atoms with Gasteiger partial charge in [0.15, 0.2) is 0 Å². The minimum Gasteiger partial charge on any atom is -0.409 e. The van der Waals surface area contributed by atoms with E-state index in [1.165, 1.54) is 12.8 Å². The first-order valence-electron chi connectivity index (χ1n) is 6.10. The van der Waals surface area contributed by atoms with Gasteiger partial charge in [0.25, 0.3) is 0 Å². The van der Waals surface area contributed by atoms with E-state index >= 15 is 0 Å². The van der Waals surface area contributed by atoms with Crippen molar-refractivity contribution in [1.29, 1.82) is 0 Å². The van der Waals surface area contributed by atoms with Gasteiger partial charge in [-0.3, -0.25) is 0 Å². The van der Waals surface area contributed by atoms with Crippen LogP contribution in [-0.2, 0) is 0 Å². The largest absolute Gasteiger partial charge is 0.409 e. The highest BCUT2D eigenvalue weighted by Crippen LogP contribution is 2.23. The summed E-state index contributed by atoms with van der Waals surface area (Å²) in [5, 5.41) is 11.7. The van der Waals surface area contributed by atoms with Crippen molar-refractivity contribution in [2.75, 3.05) is 20.1 Å². The van der Waals surface area contributed by atoms with Crippen LogP contribution in [0.1, 0.15) is 46.5 Å². The summed E-state index contributed by atoms with van der Waals surface area (Å²) in [7, 11) is 2.15. The maximum Gasteiger partial charge on any atom is 0.144 e. The Bertz CT molecular complexity index is 214. The lowest BCUT2D eigenvalue weighted by atomic mass is 9.86. The second-order valence-electron chi connectivity index (χ2n) is 5.13. The Morgan fingerprint density at radius 1 is 1.31 bits per heavy atom. The molecule has 0 atom stereocenters. The summed E-state index contributed by atoms with van der Waals surface area (Å²) in [6.07, 6.45) is 4.44. The van der Waals surface area contributed by atoms with Crippen LogP contribution in [-0.4, -0.2) is 36.1 Å². The van der Waals surface area contributed by atoms with E-state index in [4.69, 9.17) is 10.9 Å². The van der Waals surface area contributed by atoms with E-state index in [2.05, 4.69) is 24.0 Å². The number of hydrogen-bond donors (Lipinski definition) is 2. The Balaban J connectivity index is 3.74. The summed E-state index contributed by atoms with van der Waals surface area (Å²) in [6.45, 7) is 8.50. The molecular formula is C12H27N3O. The molecule has 16 heavy (non-hydrogen) atoms. The zero-order valence-electron chi connectivity index (χ0n) is 11.2. The van der Waals surface area contributed by atoms with Crippen LogP contribution < -0.4 is 5.73 Å². The Hall–Kier alpha value is -0.770. The molecule has 0 rings (SSSR count). The molecule has 0 bridgehead atoms. The number of hydrogen-bond acceptors (Lipinski definition) is 3. The van der Waals surface area contributed by atoms with E-state index in [1.54, 1.807) is 0 Å². The maximum atomic E-state index is 8.64. The molecule has 0 spiro atoms. The zero-order valence-corrected chi connectivity index (χ0v) is 11.2. The molecule has 0 aromatic carbocycles. The van der Waals surface area contributed by atoms with E-state index in [1.807, 2.05) is 13.8 Å². The summed E-state index contributed by atoms with van der Waals surface area (Å²) in [4.78, 5) is 2.34. The monoisotopic (exact) mass is 229 g/mol. The SMILES string of the molecule is CCCN(C)CCCCC(C)(C)C(N)=NO. The summed E-state index contributed by atoms with van der Waals surface area (Å²) in [5.41, 5.74) is 5.43. The normalized spacial score (nSPS) is 13.4. The van der Waals surface area contributed by atoms with Crippen molar-refractivity contribution in [3.63, 3.8) is 0 Å². The molecule has 0 radical (unpaired) electrons. The summed E-state index contributed by atoms with van der Waals surface area (Å²) < 4.78 is 0. The lowest BCUT2D eigenvalue weighted by Gasteiger charge is -2.23. The molecule has 96 valence electrons. The lowest BCUT2D eigenvalue weighted by Crippen LogP contribution is -2.32. The number of rotatable bonds is 8.